The zero-order valence-corrected chi connectivity index (χ0v) is 20.4. The number of ether oxygens (including phenoxy) is 2. The summed E-state index contributed by atoms with van der Waals surface area (Å²) in [5.74, 6) is 2.47. The van der Waals surface area contributed by atoms with Crippen LogP contribution in [-0.4, -0.2) is 36.6 Å². The molecule has 1 N–H and O–H groups in total. The van der Waals surface area contributed by atoms with Crippen LogP contribution in [0.4, 0.5) is 0 Å². The van der Waals surface area contributed by atoms with Gasteiger partial charge in [0.25, 0.3) is 0 Å². The van der Waals surface area contributed by atoms with E-state index in [1.54, 1.807) is 7.11 Å². The minimum absolute atomic E-state index is 0.560. The first-order chi connectivity index (χ1) is 16.7. The first-order valence-corrected chi connectivity index (χ1v) is 12.6. The number of methoxy groups -OCH3 is 1. The summed E-state index contributed by atoms with van der Waals surface area (Å²) in [6.07, 6.45) is 11.2. The molecule has 3 aromatic rings. The third-order valence-electron chi connectivity index (χ3n) is 7.63. The summed E-state index contributed by atoms with van der Waals surface area (Å²) in [7, 11) is 4.07. The normalized spacial score (nSPS) is 21.2. The van der Waals surface area contributed by atoms with Crippen molar-refractivity contribution < 1.29 is 9.47 Å². The van der Waals surface area contributed by atoms with Gasteiger partial charge in [-0.2, -0.15) is 0 Å². The van der Waals surface area contributed by atoms with Gasteiger partial charge in [-0.05, 0) is 68.3 Å². The number of aromatic nitrogens is 1. The lowest BCUT2D eigenvalue weighted by Crippen LogP contribution is -2.43. The van der Waals surface area contributed by atoms with E-state index in [9.17, 15) is 0 Å². The summed E-state index contributed by atoms with van der Waals surface area (Å²) in [5, 5.41) is 1.36. The second-order valence-electron chi connectivity index (χ2n) is 9.68. The van der Waals surface area contributed by atoms with Crippen molar-refractivity contribution >= 4 is 10.9 Å². The van der Waals surface area contributed by atoms with Crippen molar-refractivity contribution in [3.63, 3.8) is 0 Å². The zero-order chi connectivity index (χ0) is 23.3. The van der Waals surface area contributed by atoms with E-state index in [4.69, 9.17) is 9.47 Å². The predicted octanol–water partition coefficient (Wildman–Crippen LogP) is 6.61. The molecule has 2 heterocycles. The number of likely N-dealkylation sites (tertiary alicyclic amines) is 1. The number of para-hydroxylation sites is 1. The molecule has 4 heteroatoms. The van der Waals surface area contributed by atoms with E-state index in [0.717, 1.165) is 43.7 Å². The number of rotatable bonds is 8. The second kappa shape index (κ2) is 10.5. The first-order valence-electron chi connectivity index (χ1n) is 12.6. The summed E-state index contributed by atoms with van der Waals surface area (Å²) in [4.78, 5) is 6.01. The molecule has 0 radical (unpaired) electrons. The number of benzene rings is 2. The van der Waals surface area contributed by atoms with Gasteiger partial charge in [-0.3, -0.25) is 0 Å². The highest BCUT2D eigenvalue weighted by Gasteiger charge is 2.34. The van der Waals surface area contributed by atoms with E-state index in [0.29, 0.717) is 18.6 Å². The fraction of sp³-hybridized carbons (Fsp3) is 0.400. The Bertz CT molecular complexity index is 1160. The van der Waals surface area contributed by atoms with Crippen LogP contribution in [0.1, 0.15) is 43.2 Å². The SMILES string of the molecule is COC1=C(OCc2ccccc2)CCC2C(=C1)CCN(C)[C@H]2CCCc1c[nH]c2ccccc12. The molecule has 2 aliphatic rings. The van der Waals surface area contributed by atoms with Crippen molar-refractivity contribution in [2.24, 2.45) is 5.92 Å². The maximum atomic E-state index is 6.28. The standard InChI is InChI=1S/C30H36N2O2/c1-32-18-17-23-19-30(33-2)29(34-21-22-9-4-3-5-10-22)16-15-26(23)28(32)14-8-11-24-20-31-27-13-7-6-12-25(24)27/h3-7,9-10,12-13,19-20,26,28,31H,8,11,14-18,21H2,1-2H3/t26?,28-/m0/s1. The smallest absolute Gasteiger partial charge is 0.156 e. The van der Waals surface area contributed by atoms with Gasteiger partial charge in [-0.25, -0.2) is 0 Å². The molecule has 0 spiro atoms. The Morgan fingerprint density at radius 3 is 2.71 bits per heavy atom. The van der Waals surface area contributed by atoms with Gasteiger partial charge in [0, 0.05) is 36.1 Å². The Hall–Kier alpha value is -2.98. The molecule has 1 aromatic heterocycles. The molecular formula is C30H36N2O2. The molecule has 0 saturated carbocycles. The molecule has 1 aliphatic carbocycles. The Labute approximate surface area is 203 Å². The van der Waals surface area contributed by atoms with Crippen molar-refractivity contribution in [2.75, 3.05) is 20.7 Å². The Morgan fingerprint density at radius 2 is 1.85 bits per heavy atom. The van der Waals surface area contributed by atoms with Crippen LogP contribution < -0.4 is 0 Å². The summed E-state index contributed by atoms with van der Waals surface area (Å²) < 4.78 is 12.1. The molecule has 1 unspecified atom stereocenters. The molecule has 4 nitrogen and oxygen atoms in total. The molecule has 34 heavy (non-hydrogen) atoms. The summed E-state index contributed by atoms with van der Waals surface area (Å²) >= 11 is 0. The number of aryl methyl sites for hydroxylation is 1. The average Bonchev–Trinajstić information content (AvgIpc) is 3.19. The van der Waals surface area contributed by atoms with Crippen molar-refractivity contribution in [3.8, 4) is 0 Å². The number of nitrogens with one attached hydrogen (secondary N) is 1. The fourth-order valence-electron chi connectivity index (χ4n) is 5.75. The van der Waals surface area contributed by atoms with E-state index in [1.807, 2.05) is 6.07 Å². The number of fused-ring (bicyclic) bond motifs is 2. The predicted molar refractivity (Wildman–Crippen MR) is 138 cm³/mol. The fourth-order valence-corrected chi connectivity index (χ4v) is 5.75. The van der Waals surface area contributed by atoms with E-state index < -0.39 is 0 Å². The van der Waals surface area contributed by atoms with Crippen LogP contribution in [0.2, 0.25) is 0 Å². The van der Waals surface area contributed by atoms with Crippen LogP contribution in [0.3, 0.4) is 0 Å². The van der Waals surface area contributed by atoms with Gasteiger partial charge in [-0.1, -0.05) is 54.1 Å². The third-order valence-corrected chi connectivity index (χ3v) is 7.63. The van der Waals surface area contributed by atoms with Gasteiger partial charge in [0.15, 0.2) is 5.76 Å². The maximum absolute atomic E-state index is 6.28. The van der Waals surface area contributed by atoms with E-state index in [-0.39, 0.29) is 0 Å². The van der Waals surface area contributed by atoms with Crippen LogP contribution in [0, 0.1) is 5.92 Å². The minimum atomic E-state index is 0.560. The molecule has 0 bridgehead atoms. The highest BCUT2D eigenvalue weighted by Crippen LogP contribution is 2.39. The average molecular weight is 457 g/mol. The van der Waals surface area contributed by atoms with E-state index >= 15 is 0 Å². The van der Waals surface area contributed by atoms with Gasteiger partial charge >= 0.3 is 0 Å². The number of allylic oxidation sites excluding steroid dienone is 2. The Morgan fingerprint density at radius 1 is 1.03 bits per heavy atom. The number of nitrogens with zero attached hydrogens (tertiary/aromatic N) is 1. The molecular weight excluding hydrogens is 420 g/mol. The van der Waals surface area contributed by atoms with Gasteiger partial charge in [0.2, 0.25) is 0 Å². The van der Waals surface area contributed by atoms with Crippen molar-refractivity contribution in [2.45, 2.75) is 51.2 Å². The highest BCUT2D eigenvalue weighted by molar-refractivity contribution is 5.82. The first kappa shape index (κ1) is 22.8. The molecule has 5 rings (SSSR count). The quantitative estimate of drug-likeness (QED) is 0.415. The van der Waals surface area contributed by atoms with E-state index in [1.165, 1.54) is 40.4 Å². The molecule has 1 fully saturated rings. The van der Waals surface area contributed by atoms with Crippen LogP contribution >= 0.6 is 0 Å². The van der Waals surface area contributed by atoms with Crippen LogP contribution in [0.5, 0.6) is 0 Å². The highest BCUT2D eigenvalue weighted by atomic mass is 16.5. The molecule has 178 valence electrons. The number of H-pyrrole nitrogens is 1. The van der Waals surface area contributed by atoms with Gasteiger partial charge < -0.3 is 19.4 Å². The molecule has 1 aliphatic heterocycles. The monoisotopic (exact) mass is 456 g/mol. The largest absolute Gasteiger partial charge is 0.493 e. The van der Waals surface area contributed by atoms with Crippen molar-refractivity contribution in [3.05, 3.63) is 95.1 Å². The number of piperidine rings is 1. The summed E-state index contributed by atoms with van der Waals surface area (Å²) in [6.45, 7) is 1.70. The zero-order valence-electron chi connectivity index (χ0n) is 20.4. The van der Waals surface area contributed by atoms with Gasteiger partial charge in [-0.15, -0.1) is 0 Å². The molecule has 2 atom stereocenters. The minimum Gasteiger partial charge on any atom is -0.493 e. The van der Waals surface area contributed by atoms with Crippen LogP contribution in [0.25, 0.3) is 10.9 Å². The van der Waals surface area contributed by atoms with Crippen LogP contribution in [-0.2, 0) is 22.5 Å². The lowest BCUT2D eigenvalue weighted by molar-refractivity contribution is 0.133. The third kappa shape index (κ3) is 4.92. The van der Waals surface area contributed by atoms with Crippen molar-refractivity contribution in [1.82, 2.24) is 9.88 Å². The number of hydrogen-bond donors (Lipinski definition) is 1. The van der Waals surface area contributed by atoms with Gasteiger partial charge in [0.05, 0.1) is 7.11 Å². The van der Waals surface area contributed by atoms with E-state index in [2.05, 4.69) is 77.7 Å². The van der Waals surface area contributed by atoms with Crippen LogP contribution in [0.15, 0.2) is 84.0 Å². The topological polar surface area (TPSA) is 37.5 Å². The van der Waals surface area contributed by atoms with Gasteiger partial charge in [0.1, 0.15) is 12.4 Å². The second-order valence-corrected chi connectivity index (χ2v) is 9.68. The number of hydrogen-bond acceptors (Lipinski definition) is 3. The molecule has 0 amide bonds. The Balaban J connectivity index is 1.25. The lowest BCUT2D eigenvalue weighted by atomic mass is 9.80. The molecule has 2 aromatic carbocycles. The van der Waals surface area contributed by atoms with Crippen molar-refractivity contribution in [1.29, 1.82) is 0 Å². The lowest BCUT2D eigenvalue weighted by Gasteiger charge is -2.41. The maximum Gasteiger partial charge on any atom is 0.156 e. The Kier molecular flexibility index (Phi) is 7.05. The summed E-state index contributed by atoms with van der Waals surface area (Å²) in [5.41, 5.74) is 5.40. The molecule has 1 saturated heterocycles. The number of aromatic amines is 1. The summed E-state index contributed by atoms with van der Waals surface area (Å²) in [6, 6.07) is 19.6.